The van der Waals surface area contributed by atoms with E-state index in [1.807, 2.05) is 13.8 Å². The second-order valence-electron chi connectivity index (χ2n) is 3.72. The van der Waals surface area contributed by atoms with Gasteiger partial charge in [-0.1, -0.05) is 69.9 Å². The molecule has 1 heteroatoms. The van der Waals surface area contributed by atoms with E-state index in [-0.39, 0.29) is 8.03 Å². The number of aliphatic hydroxyl groups excluding tert-OH is 1. The SMILES string of the molecule is C1CC1.CC.CCO.CCc1ccc(C)cc1.[HH]. The van der Waals surface area contributed by atoms with Crippen LogP contribution in [-0.2, 0) is 6.42 Å². The highest BCUT2D eigenvalue weighted by molar-refractivity contribution is 5.20. The van der Waals surface area contributed by atoms with Crippen LogP contribution < -0.4 is 0 Å². The molecule has 0 amide bonds. The van der Waals surface area contributed by atoms with Crippen LogP contribution in [0, 0.1) is 6.92 Å². The molecule has 1 fully saturated rings. The van der Waals surface area contributed by atoms with Crippen LogP contribution in [0.3, 0.4) is 0 Å². The van der Waals surface area contributed by atoms with Crippen molar-refractivity contribution in [2.24, 2.45) is 0 Å². The van der Waals surface area contributed by atoms with E-state index in [9.17, 15) is 0 Å². The van der Waals surface area contributed by atoms with Crippen LogP contribution in [0.2, 0.25) is 0 Å². The average molecular weight is 240 g/mol. The van der Waals surface area contributed by atoms with Gasteiger partial charge in [-0.3, -0.25) is 0 Å². The summed E-state index contributed by atoms with van der Waals surface area (Å²) in [6, 6.07) is 8.66. The van der Waals surface area contributed by atoms with Crippen molar-refractivity contribution in [2.45, 2.75) is 60.3 Å². The Morgan fingerprint density at radius 1 is 1.00 bits per heavy atom. The molecule has 1 aromatic rings. The molecule has 0 aromatic heterocycles. The fraction of sp³-hybridized carbons (Fsp3) is 0.625. The molecule has 1 N–H and O–H groups in total. The molecular weight excluding hydrogens is 208 g/mol. The maximum Gasteiger partial charge on any atom is 0.0402 e. The van der Waals surface area contributed by atoms with Gasteiger partial charge in [0.15, 0.2) is 0 Å². The molecular formula is C16H32O. The van der Waals surface area contributed by atoms with Gasteiger partial charge in [0.25, 0.3) is 0 Å². The smallest absolute Gasteiger partial charge is 0.0402 e. The van der Waals surface area contributed by atoms with Gasteiger partial charge in [-0.05, 0) is 25.8 Å². The van der Waals surface area contributed by atoms with Crippen molar-refractivity contribution in [1.29, 1.82) is 0 Å². The zero-order valence-electron chi connectivity index (χ0n) is 12.3. The third-order valence-electron chi connectivity index (χ3n) is 1.88. The van der Waals surface area contributed by atoms with Gasteiger partial charge in [-0.2, -0.15) is 0 Å². The van der Waals surface area contributed by atoms with Gasteiger partial charge in [-0.25, -0.2) is 0 Å². The first-order valence-corrected chi connectivity index (χ1v) is 6.91. The second kappa shape index (κ2) is 15.2. The molecule has 0 radical (unpaired) electrons. The molecule has 0 heterocycles. The Hall–Kier alpha value is -0.820. The predicted molar refractivity (Wildman–Crippen MR) is 80.6 cm³/mol. The highest BCUT2D eigenvalue weighted by Crippen LogP contribution is 2.14. The minimum Gasteiger partial charge on any atom is -0.397 e. The summed E-state index contributed by atoms with van der Waals surface area (Å²) in [6.07, 6.45) is 5.64. The summed E-state index contributed by atoms with van der Waals surface area (Å²) in [5.41, 5.74) is 2.76. The molecule has 1 saturated carbocycles. The Morgan fingerprint density at radius 2 is 1.35 bits per heavy atom. The fourth-order valence-electron chi connectivity index (χ4n) is 0.824. The zero-order chi connectivity index (χ0) is 13.5. The van der Waals surface area contributed by atoms with Crippen molar-refractivity contribution in [3.63, 3.8) is 0 Å². The zero-order valence-corrected chi connectivity index (χ0v) is 12.3. The molecule has 0 saturated heterocycles. The molecule has 0 atom stereocenters. The average Bonchev–Trinajstić information content (AvgIpc) is 3.21. The number of hydrogen-bond acceptors (Lipinski definition) is 1. The molecule has 0 bridgehead atoms. The van der Waals surface area contributed by atoms with Crippen LogP contribution in [-0.4, -0.2) is 11.7 Å². The van der Waals surface area contributed by atoms with E-state index in [1.165, 1.54) is 30.4 Å². The lowest BCUT2D eigenvalue weighted by molar-refractivity contribution is 0.318. The van der Waals surface area contributed by atoms with Crippen LogP contribution in [0.1, 0.15) is 59.5 Å². The minimum atomic E-state index is 0. The standard InChI is InChI=1S/C9H12.C3H6.C2H6O.C2H6.H2/c1-3-9-6-4-8(2)5-7-9;1-2-3-1;1-2-3;1-2;/h4-7H,3H2,1-2H3;1-3H2;3H,2H2,1H3;1-2H3;1H. The number of aliphatic hydroxyl groups is 1. The van der Waals surface area contributed by atoms with Gasteiger partial charge >= 0.3 is 0 Å². The van der Waals surface area contributed by atoms with Crippen LogP contribution in [0.15, 0.2) is 24.3 Å². The maximum absolute atomic E-state index is 7.57. The largest absolute Gasteiger partial charge is 0.397 e. The van der Waals surface area contributed by atoms with E-state index in [0.717, 1.165) is 6.42 Å². The lowest BCUT2D eigenvalue weighted by atomic mass is 10.1. The van der Waals surface area contributed by atoms with Crippen LogP contribution in [0.25, 0.3) is 0 Å². The predicted octanol–water partition coefficient (Wildman–Crippen LogP) is 5.00. The van der Waals surface area contributed by atoms with Crippen molar-refractivity contribution in [1.82, 2.24) is 0 Å². The molecule has 1 nitrogen and oxygen atoms in total. The number of benzene rings is 1. The molecule has 1 aliphatic rings. The van der Waals surface area contributed by atoms with E-state index in [4.69, 9.17) is 5.11 Å². The number of hydrogen-bond donors (Lipinski definition) is 1. The van der Waals surface area contributed by atoms with Gasteiger partial charge in [0.1, 0.15) is 0 Å². The van der Waals surface area contributed by atoms with Crippen LogP contribution >= 0.6 is 0 Å². The van der Waals surface area contributed by atoms with E-state index in [1.54, 1.807) is 6.92 Å². The summed E-state index contributed by atoms with van der Waals surface area (Å²) in [6.45, 7) is 10.2. The first-order valence-electron chi connectivity index (χ1n) is 6.91. The summed E-state index contributed by atoms with van der Waals surface area (Å²) in [4.78, 5) is 0. The molecule has 0 spiro atoms. The first kappa shape index (κ1) is 18.5. The quantitative estimate of drug-likeness (QED) is 0.732. The molecule has 102 valence electrons. The first-order chi connectivity index (χ1) is 8.24. The van der Waals surface area contributed by atoms with Crippen molar-refractivity contribution in [2.75, 3.05) is 6.61 Å². The van der Waals surface area contributed by atoms with Crippen molar-refractivity contribution in [3.05, 3.63) is 35.4 Å². The Balaban J connectivity index is -0.000000209. The highest BCUT2D eigenvalue weighted by atomic mass is 16.2. The Bertz CT molecular complexity index is 227. The maximum atomic E-state index is 7.57. The summed E-state index contributed by atoms with van der Waals surface area (Å²) < 4.78 is 0. The molecule has 0 unspecified atom stereocenters. The van der Waals surface area contributed by atoms with Gasteiger partial charge in [-0.15, -0.1) is 0 Å². The van der Waals surface area contributed by atoms with E-state index in [0.29, 0.717) is 0 Å². The summed E-state index contributed by atoms with van der Waals surface area (Å²) in [5.74, 6) is 0. The van der Waals surface area contributed by atoms with Gasteiger partial charge in [0.05, 0.1) is 0 Å². The molecule has 0 aliphatic heterocycles. The van der Waals surface area contributed by atoms with Crippen LogP contribution in [0.4, 0.5) is 0 Å². The van der Waals surface area contributed by atoms with Gasteiger partial charge in [0, 0.05) is 8.03 Å². The lowest BCUT2D eigenvalue weighted by Crippen LogP contribution is -1.77. The Labute approximate surface area is 109 Å². The topological polar surface area (TPSA) is 20.2 Å². The number of aryl methyl sites for hydroxylation is 2. The summed E-state index contributed by atoms with van der Waals surface area (Å²) in [7, 11) is 0. The van der Waals surface area contributed by atoms with Crippen LogP contribution in [0.5, 0.6) is 0 Å². The molecule has 17 heavy (non-hydrogen) atoms. The summed E-state index contributed by atoms with van der Waals surface area (Å²) in [5, 5.41) is 7.57. The molecule has 1 aliphatic carbocycles. The van der Waals surface area contributed by atoms with E-state index in [2.05, 4.69) is 38.1 Å². The third kappa shape index (κ3) is 17.8. The molecule has 1 aromatic carbocycles. The van der Waals surface area contributed by atoms with Crippen molar-refractivity contribution >= 4 is 0 Å². The lowest BCUT2D eigenvalue weighted by Gasteiger charge is -1.94. The van der Waals surface area contributed by atoms with E-state index < -0.39 is 0 Å². The van der Waals surface area contributed by atoms with Crippen molar-refractivity contribution < 1.29 is 6.53 Å². The third-order valence-corrected chi connectivity index (χ3v) is 1.88. The monoisotopic (exact) mass is 240 g/mol. The van der Waals surface area contributed by atoms with Gasteiger partial charge < -0.3 is 5.11 Å². The summed E-state index contributed by atoms with van der Waals surface area (Å²) >= 11 is 0. The number of rotatable bonds is 1. The Morgan fingerprint density at radius 3 is 1.59 bits per heavy atom. The minimum absolute atomic E-state index is 0. The highest BCUT2D eigenvalue weighted by Gasteiger charge is 1.95. The van der Waals surface area contributed by atoms with Crippen molar-refractivity contribution in [3.8, 4) is 0 Å². The fourth-order valence-corrected chi connectivity index (χ4v) is 0.824. The van der Waals surface area contributed by atoms with E-state index >= 15 is 0 Å². The van der Waals surface area contributed by atoms with Gasteiger partial charge in [0.2, 0.25) is 0 Å². The Kier molecular flexibility index (Phi) is 16.6. The normalized spacial score (nSPS) is 10.7. The molecule has 2 rings (SSSR count). The second-order valence-corrected chi connectivity index (χ2v) is 3.72.